The van der Waals surface area contributed by atoms with Crippen LogP contribution in [-0.4, -0.2) is 45.2 Å². The number of quaternary nitrogens is 2. The molecule has 142 valence electrons. The van der Waals surface area contributed by atoms with Crippen LogP contribution in [0.25, 0.3) is 6.08 Å². The van der Waals surface area contributed by atoms with E-state index in [9.17, 15) is 4.79 Å². The van der Waals surface area contributed by atoms with Crippen LogP contribution in [0.5, 0.6) is 0 Å². The summed E-state index contributed by atoms with van der Waals surface area (Å²) in [6.45, 7) is 5.60. The summed E-state index contributed by atoms with van der Waals surface area (Å²) in [7, 11) is 0. The fourth-order valence-electron chi connectivity index (χ4n) is 3.28. The highest BCUT2D eigenvalue weighted by atomic mass is 35.5. The second kappa shape index (κ2) is 9.90. The molecule has 0 aliphatic carbocycles. The maximum atomic E-state index is 12.3. The van der Waals surface area contributed by atoms with Gasteiger partial charge in [0, 0.05) is 5.02 Å². The Kier molecular flexibility index (Phi) is 7.30. The van der Waals surface area contributed by atoms with Gasteiger partial charge in [0.2, 0.25) is 0 Å². The maximum absolute atomic E-state index is 12.3. The van der Waals surface area contributed by atoms with Crippen molar-refractivity contribution >= 4 is 40.9 Å². The molecule has 1 amide bonds. The van der Waals surface area contributed by atoms with Crippen molar-refractivity contribution in [3.8, 4) is 0 Å². The summed E-state index contributed by atoms with van der Waals surface area (Å²) in [5, 5.41) is 3.93. The number of carbonyl (C=O) groups is 1. The van der Waals surface area contributed by atoms with Crippen molar-refractivity contribution < 1.29 is 14.6 Å². The molecule has 3 rings (SSSR count). The minimum Gasteiger partial charge on any atom is -0.322 e. The fourth-order valence-corrected chi connectivity index (χ4v) is 3.62. The fraction of sp³-hybridized carbons (Fsp3) is 0.286. The lowest BCUT2D eigenvalue weighted by Crippen LogP contribution is -3.28. The molecule has 0 bridgehead atoms. The van der Waals surface area contributed by atoms with Crippen LogP contribution in [0.15, 0.2) is 54.6 Å². The van der Waals surface area contributed by atoms with Crippen molar-refractivity contribution in [1.29, 1.82) is 0 Å². The molecular formula is C21H25Cl2N3O+2. The number of piperazine rings is 1. The molecule has 1 fully saturated rings. The lowest BCUT2D eigenvalue weighted by atomic mass is 10.2. The number of benzene rings is 2. The van der Waals surface area contributed by atoms with Crippen LogP contribution < -0.4 is 15.1 Å². The van der Waals surface area contributed by atoms with Gasteiger partial charge in [-0.15, -0.1) is 0 Å². The molecule has 4 nitrogen and oxygen atoms in total. The highest BCUT2D eigenvalue weighted by Gasteiger charge is 2.24. The molecule has 6 heteroatoms. The molecule has 3 N–H and O–H groups in total. The summed E-state index contributed by atoms with van der Waals surface area (Å²) < 4.78 is 0. The summed E-state index contributed by atoms with van der Waals surface area (Å²) >= 11 is 12.1. The first kappa shape index (κ1) is 19.9. The Hall–Kier alpha value is -1.85. The first-order valence-electron chi connectivity index (χ1n) is 9.24. The monoisotopic (exact) mass is 405 g/mol. The van der Waals surface area contributed by atoms with E-state index >= 15 is 0 Å². The normalized spacial score (nSPS) is 19.9. The van der Waals surface area contributed by atoms with E-state index in [4.69, 9.17) is 23.2 Å². The van der Waals surface area contributed by atoms with Gasteiger partial charge in [0.15, 0.2) is 6.54 Å². The van der Waals surface area contributed by atoms with Gasteiger partial charge in [-0.1, -0.05) is 59.6 Å². The lowest BCUT2D eigenvalue weighted by Gasteiger charge is -2.28. The minimum absolute atomic E-state index is 0.0263. The smallest absolute Gasteiger partial charge is 0.279 e. The van der Waals surface area contributed by atoms with Crippen molar-refractivity contribution in [2.75, 3.05) is 44.6 Å². The minimum atomic E-state index is -0.0263. The van der Waals surface area contributed by atoms with Crippen molar-refractivity contribution in [3.63, 3.8) is 0 Å². The number of hydrogen-bond donors (Lipinski definition) is 3. The van der Waals surface area contributed by atoms with Crippen LogP contribution in [0.1, 0.15) is 5.56 Å². The highest BCUT2D eigenvalue weighted by Crippen LogP contribution is 2.25. The van der Waals surface area contributed by atoms with E-state index in [2.05, 4.69) is 41.7 Å². The molecule has 1 heterocycles. The van der Waals surface area contributed by atoms with Crippen molar-refractivity contribution in [2.45, 2.75) is 0 Å². The third kappa shape index (κ3) is 6.36. The standard InChI is InChI=1S/C21H23Cl2N3O/c22-18-8-9-19(23)20(15-18)24-21(27)16-26-13-11-25(12-14-26)10-4-7-17-5-2-1-3-6-17/h1-9,15H,10-14,16H2,(H,24,27)/p+2/b7-4+. The SMILES string of the molecule is O=C(C[NH+]1CC[NH+](C/C=C/c2ccccc2)CC1)Nc1cc(Cl)ccc1Cl. The van der Waals surface area contributed by atoms with Gasteiger partial charge in [-0.2, -0.15) is 0 Å². The predicted octanol–water partition coefficient (Wildman–Crippen LogP) is 1.43. The molecule has 27 heavy (non-hydrogen) atoms. The first-order chi connectivity index (χ1) is 13.1. The van der Waals surface area contributed by atoms with Crippen LogP contribution in [0, 0.1) is 0 Å². The Bertz CT molecular complexity index is 787. The second-order valence-electron chi connectivity index (χ2n) is 6.87. The lowest BCUT2D eigenvalue weighted by molar-refractivity contribution is -1.01. The van der Waals surface area contributed by atoms with Crippen molar-refractivity contribution in [2.24, 2.45) is 0 Å². The van der Waals surface area contributed by atoms with Gasteiger partial charge in [0.05, 0.1) is 17.3 Å². The van der Waals surface area contributed by atoms with Gasteiger partial charge in [-0.05, 0) is 29.8 Å². The molecule has 0 spiro atoms. The average Bonchev–Trinajstić information content (AvgIpc) is 2.67. The molecule has 1 aliphatic heterocycles. The summed E-state index contributed by atoms with van der Waals surface area (Å²) in [6.07, 6.45) is 4.41. The quantitative estimate of drug-likeness (QED) is 0.667. The van der Waals surface area contributed by atoms with E-state index in [-0.39, 0.29) is 5.91 Å². The van der Waals surface area contributed by atoms with Gasteiger partial charge >= 0.3 is 0 Å². The zero-order valence-electron chi connectivity index (χ0n) is 15.2. The topological polar surface area (TPSA) is 38.0 Å². The largest absolute Gasteiger partial charge is 0.322 e. The Balaban J connectivity index is 1.40. The van der Waals surface area contributed by atoms with Crippen LogP contribution in [0.3, 0.4) is 0 Å². The molecule has 0 unspecified atom stereocenters. The van der Waals surface area contributed by atoms with Gasteiger partial charge in [-0.3, -0.25) is 4.79 Å². The molecule has 1 saturated heterocycles. The number of amides is 1. The van der Waals surface area contributed by atoms with E-state index < -0.39 is 0 Å². The van der Waals surface area contributed by atoms with Crippen LogP contribution >= 0.6 is 23.2 Å². The molecular weight excluding hydrogens is 381 g/mol. The molecule has 0 radical (unpaired) electrons. The predicted molar refractivity (Wildman–Crippen MR) is 112 cm³/mol. The first-order valence-corrected chi connectivity index (χ1v) is 9.99. The third-order valence-electron chi connectivity index (χ3n) is 4.79. The van der Waals surface area contributed by atoms with Crippen molar-refractivity contribution in [3.05, 3.63) is 70.2 Å². The Morgan fingerprint density at radius 1 is 1.00 bits per heavy atom. The van der Waals surface area contributed by atoms with E-state index in [1.54, 1.807) is 23.1 Å². The van der Waals surface area contributed by atoms with Crippen molar-refractivity contribution in [1.82, 2.24) is 0 Å². The number of carbonyl (C=O) groups excluding carboxylic acids is 1. The Morgan fingerprint density at radius 3 is 2.44 bits per heavy atom. The number of hydrogen-bond acceptors (Lipinski definition) is 1. The van der Waals surface area contributed by atoms with E-state index in [0.717, 1.165) is 32.7 Å². The summed E-state index contributed by atoms with van der Waals surface area (Å²) in [5.41, 5.74) is 1.81. The number of nitrogens with one attached hydrogen (secondary N) is 3. The summed E-state index contributed by atoms with van der Waals surface area (Å²) in [4.78, 5) is 15.2. The maximum Gasteiger partial charge on any atom is 0.279 e. The van der Waals surface area contributed by atoms with Crippen LogP contribution in [-0.2, 0) is 4.79 Å². The average molecular weight is 406 g/mol. The van der Waals surface area contributed by atoms with Crippen LogP contribution in [0.4, 0.5) is 5.69 Å². The zero-order valence-corrected chi connectivity index (χ0v) is 16.7. The molecule has 2 aromatic carbocycles. The number of anilines is 1. The third-order valence-corrected chi connectivity index (χ3v) is 5.36. The zero-order chi connectivity index (χ0) is 19.1. The molecule has 0 atom stereocenters. The summed E-state index contributed by atoms with van der Waals surface area (Å²) in [6, 6.07) is 15.4. The van der Waals surface area contributed by atoms with Gasteiger partial charge < -0.3 is 15.1 Å². The van der Waals surface area contributed by atoms with E-state index in [0.29, 0.717) is 22.3 Å². The molecule has 2 aromatic rings. The Labute approximate surface area is 170 Å². The second-order valence-corrected chi connectivity index (χ2v) is 7.71. The van der Waals surface area contributed by atoms with Crippen LogP contribution in [0.2, 0.25) is 10.0 Å². The van der Waals surface area contributed by atoms with Gasteiger partial charge in [-0.25, -0.2) is 0 Å². The molecule has 0 aromatic heterocycles. The van der Waals surface area contributed by atoms with E-state index in [1.807, 2.05) is 6.07 Å². The van der Waals surface area contributed by atoms with Gasteiger partial charge in [0.1, 0.15) is 26.2 Å². The Morgan fingerprint density at radius 2 is 1.70 bits per heavy atom. The highest BCUT2D eigenvalue weighted by molar-refractivity contribution is 6.35. The number of halogens is 2. The van der Waals surface area contributed by atoms with Gasteiger partial charge in [0.25, 0.3) is 5.91 Å². The van der Waals surface area contributed by atoms with E-state index in [1.165, 1.54) is 10.5 Å². The molecule has 0 saturated carbocycles. The number of rotatable bonds is 6. The summed E-state index contributed by atoms with van der Waals surface area (Å²) in [5.74, 6) is -0.0263. The molecule has 1 aliphatic rings.